The Labute approximate surface area is 135 Å². The van der Waals surface area contributed by atoms with Crippen molar-refractivity contribution in [2.24, 2.45) is 0 Å². The molecule has 0 saturated carbocycles. The van der Waals surface area contributed by atoms with Crippen LogP contribution in [-0.4, -0.2) is 13.0 Å². The molecular formula is C15H12BrClFNO2. The highest BCUT2D eigenvalue weighted by Gasteiger charge is 2.14. The number of anilines is 1. The van der Waals surface area contributed by atoms with Crippen LogP contribution in [0.4, 0.5) is 10.1 Å². The lowest BCUT2D eigenvalue weighted by Gasteiger charge is -2.10. The number of methoxy groups -OCH3 is 1. The van der Waals surface area contributed by atoms with Crippen molar-refractivity contribution in [1.29, 1.82) is 0 Å². The van der Waals surface area contributed by atoms with Gasteiger partial charge in [-0.3, -0.25) is 4.79 Å². The van der Waals surface area contributed by atoms with E-state index in [1.807, 2.05) is 6.92 Å². The fraction of sp³-hybridized carbons (Fsp3) is 0.133. The minimum absolute atomic E-state index is 0.0700. The van der Waals surface area contributed by atoms with Crippen LogP contribution in [0.2, 0.25) is 5.02 Å². The lowest BCUT2D eigenvalue weighted by molar-refractivity contribution is 0.102. The number of benzene rings is 2. The molecule has 0 saturated heterocycles. The zero-order valence-corrected chi connectivity index (χ0v) is 13.7. The number of hydrogen-bond acceptors (Lipinski definition) is 2. The van der Waals surface area contributed by atoms with E-state index in [-0.39, 0.29) is 5.56 Å². The number of ether oxygens (including phenoxy) is 1. The van der Waals surface area contributed by atoms with Crippen LogP contribution >= 0.6 is 27.5 Å². The normalized spacial score (nSPS) is 10.3. The molecule has 0 spiro atoms. The second-order valence-corrected chi connectivity index (χ2v) is 5.64. The van der Waals surface area contributed by atoms with Crippen molar-refractivity contribution in [3.63, 3.8) is 0 Å². The van der Waals surface area contributed by atoms with Gasteiger partial charge >= 0.3 is 0 Å². The summed E-state index contributed by atoms with van der Waals surface area (Å²) in [4.78, 5) is 12.1. The Morgan fingerprint density at radius 1 is 1.33 bits per heavy atom. The van der Waals surface area contributed by atoms with E-state index in [0.29, 0.717) is 20.9 Å². The Kier molecular flexibility index (Phi) is 4.85. The molecule has 0 radical (unpaired) electrons. The first-order valence-corrected chi connectivity index (χ1v) is 7.20. The minimum Gasteiger partial charge on any atom is -0.497 e. The molecule has 1 N–H and O–H groups in total. The Hall–Kier alpha value is -1.59. The number of carbonyl (C=O) groups is 1. The van der Waals surface area contributed by atoms with Gasteiger partial charge in [0, 0.05) is 15.6 Å². The van der Waals surface area contributed by atoms with Gasteiger partial charge < -0.3 is 10.1 Å². The predicted molar refractivity (Wildman–Crippen MR) is 84.8 cm³/mol. The number of rotatable bonds is 3. The van der Waals surface area contributed by atoms with Crippen LogP contribution in [-0.2, 0) is 0 Å². The van der Waals surface area contributed by atoms with Crippen molar-refractivity contribution in [3.8, 4) is 5.75 Å². The first-order valence-electron chi connectivity index (χ1n) is 6.03. The summed E-state index contributed by atoms with van der Waals surface area (Å²) in [5, 5.41) is 3.14. The van der Waals surface area contributed by atoms with E-state index in [1.54, 1.807) is 12.1 Å². The summed E-state index contributed by atoms with van der Waals surface area (Å²) in [5.41, 5.74) is 1.28. The third-order valence-corrected chi connectivity index (χ3v) is 3.98. The van der Waals surface area contributed by atoms with Crippen LogP contribution in [0.5, 0.6) is 5.75 Å². The quantitative estimate of drug-likeness (QED) is 0.839. The fourth-order valence-electron chi connectivity index (χ4n) is 1.74. The fourth-order valence-corrected chi connectivity index (χ4v) is 2.46. The first-order chi connectivity index (χ1) is 9.92. The molecule has 0 aliphatic rings. The van der Waals surface area contributed by atoms with Gasteiger partial charge in [-0.15, -0.1) is 0 Å². The standard InChI is InChI=1S/C15H12BrClFNO2/c1-8-5-11(16)14(7-12(8)17)19-15(20)10-4-3-9(21-2)6-13(10)18/h3-7H,1-2H3,(H,19,20). The predicted octanol–water partition coefficient (Wildman–Crippen LogP) is 4.81. The van der Waals surface area contributed by atoms with Crippen LogP contribution in [0.3, 0.4) is 0 Å². The summed E-state index contributed by atoms with van der Waals surface area (Å²) in [5.74, 6) is -0.861. The second kappa shape index (κ2) is 6.45. The third kappa shape index (κ3) is 3.54. The highest BCUT2D eigenvalue weighted by Crippen LogP contribution is 2.29. The molecule has 21 heavy (non-hydrogen) atoms. The van der Waals surface area contributed by atoms with Crippen molar-refractivity contribution < 1.29 is 13.9 Å². The molecule has 110 valence electrons. The van der Waals surface area contributed by atoms with E-state index >= 15 is 0 Å². The molecule has 6 heteroatoms. The van der Waals surface area contributed by atoms with Gasteiger partial charge in [0.2, 0.25) is 0 Å². The number of aryl methyl sites for hydroxylation is 1. The van der Waals surface area contributed by atoms with E-state index in [0.717, 1.165) is 11.6 Å². The van der Waals surface area contributed by atoms with Crippen LogP contribution < -0.4 is 10.1 Å². The first kappa shape index (κ1) is 15.8. The van der Waals surface area contributed by atoms with Gasteiger partial charge in [-0.2, -0.15) is 0 Å². The summed E-state index contributed by atoms with van der Waals surface area (Å²) in [6.07, 6.45) is 0. The van der Waals surface area contributed by atoms with Crippen LogP contribution in [0.1, 0.15) is 15.9 Å². The Bertz CT molecular complexity index is 706. The second-order valence-electron chi connectivity index (χ2n) is 4.38. The molecule has 2 aromatic carbocycles. The van der Waals surface area contributed by atoms with Crippen molar-refractivity contribution in [2.45, 2.75) is 6.92 Å². The van der Waals surface area contributed by atoms with E-state index in [9.17, 15) is 9.18 Å². The van der Waals surface area contributed by atoms with Gasteiger partial charge in [0.15, 0.2) is 0 Å². The van der Waals surface area contributed by atoms with Crippen LogP contribution in [0.25, 0.3) is 0 Å². The smallest absolute Gasteiger partial charge is 0.258 e. The zero-order chi connectivity index (χ0) is 15.6. The lowest BCUT2D eigenvalue weighted by Crippen LogP contribution is -2.14. The lowest BCUT2D eigenvalue weighted by atomic mass is 10.1. The molecule has 3 nitrogen and oxygen atoms in total. The summed E-state index contributed by atoms with van der Waals surface area (Å²) in [7, 11) is 1.43. The number of nitrogens with one attached hydrogen (secondary N) is 1. The summed E-state index contributed by atoms with van der Waals surface area (Å²) in [6.45, 7) is 1.85. The third-order valence-electron chi connectivity index (χ3n) is 2.92. The molecule has 2 aromatic rings. The molecule has 0 aromatic heterocycles. The zero-order valence-electron chi connectivity index (χ0n) is 11.3. The Balaban J connectivity index is 2.28. The van der Waals surface area contributed by atoms with E-state index < -0.39 is 11.7 Å². The van der Waals surface area contributed by atoms with Crippen LogP contribution in [0, 0.1) is 12.7 Å². The number of hydrogen-bond donors (Lipinski definition) is 1. The highest BCUT2D eigenvalue weighted by molar-refractivity contribution is 9.10. The van der Waals surface area contributed by atoms with Crippen molar-refractivity contribution in [2.75, 3.05) is 12.4 Å². The molecule has 0 unspecified atom stereocenters. The average Bonchev–Trinajstić information content (AvgIpc) is 2.44. The van der Waals surface area contributed by atoms with Gasteiger partial charge in [-0.1, -0.05) is 11.6 Å². The topological polar surface area (TPSA) is 38.3 Å². The molecule has 0 aliphatic heterocycles. The molecule has 1 amide bonds. The molecule has 0 aliphatic carbocycles. The molecule has 0 heterocycles. The molecular weight excluding hydrogens is 361 g/mol. The van der Waals surface area contributed by atoms with Crippen molar-refractivity contribution in [1.82, 2.24) is 0 Å². The number of halogens is 3. The van der Waals surface area contributed by atoms with E-state index in [2.05, 4.69) is 21.2 Å². The minimum atomic E-state index is -0.652. The van der Waals surface area contributed by atoms with Gasteiger partial charge in [0.1, 0.15) is 11.6 Å². The maximum absolute atomic E-state index is 13.9. The summed E-state index contributed by atoms with van der Waals surface area (Å²) in [6, 6.07) is 7.44. The SMILES string of the molecule is COc1ccc(C(=O)Nc2cc(Cl)c(C)cc2Br)c(F)c1. The Morgan fingerprint density at radius 3 is 2.67 bits per heavy atom. The van der Waals surface area contributed by atoms with E-state index in [4.69, 9.17) is 16.3 Å². The van der Waals surface area contributed by atoms with Gasteiger partial charge in [-0.05, 0) is 52.7 Å². The maximum atomic E-state index is 13.9. The highest BCUT2D eigenvalue weighted by atomic mass is 79.9. The maximum Gasteiger partial charge on any atom is 0.258 e. The average molecular weight is 373 g/mol. The summed E-state index contributed by atoms with van der Waals surface area (Å²) < 4.78 is 19.4. The van der Waals surface area contributed by atoms with Gasteiger partial charge in [0.25, 0.3) is 5.91 Å². The van der Waals surface area contributed by atoms with Gasteiger partial charge in [0.05, 0.1) is 18.4 Å². The largest absolute Gasteiger partial charge is 0.497 e. The van der Waals surface area contributed by atoms with Crippen LogP contribution in [0.15, 0.2) is 34.8 Å². The van der Waals surface area contributed by atoms with Crippen molar-refractivity contribution >= 4 is 39.1 Å². The molecule has 0 bridgehead atoms. The number of amides is 1. The monoisotopic (exact) mass is 371 g/mol. The Morgan fingerprint density at radius 2 is 2.05 bits per heavy atom. The van der Waals surface area contributed by atoms with Crippen molar-refractivity contribution in [3.05, 3.63) is 56.8 Å². The molecule has 2 rings (SSSR count). The van der Waals surface area contributed by atoms with E-state index in [1.165, 1.54) is 19.2 Å². The molecule has 0 atom stereocenters. The van der Waals surface area contributed by atoms with Gasteiger partial charge in [-0.25, -0.2) is 4.39 Å². The molecule has 0 fully saturated rings. The number of carbonyl (C=O) groups excluding carboxylic acids is 1. The summed E-state index contributed by atoms with van der Waals surface area (Å²) >= 11 is 9.36.